The van der Waals surface area contributed by atoms with E-state index >= 15 is 0 Å². The summed E-state index contributed by atoms with van der Waals surface area (Å²) in [6, 6.07) is 14.7. The van der Waals surface area contributed by atoms with Crippen molar-refractivity contribution in [3.63, 3.8) is 0 Å². The van der Waals surface area contributed by atoms with Crippen LogP contribution in [0.2, 0.25) is 0 Å². The highest BCUT2D eigenvalue weighted by molar-refractivity contribution is 5.76. The van der Waals surface area contributed by atoms with E-state index in [9.17, 15) is 4.79 Å². The van der Waals surface area contributed by atoms with Crippen molar-refractivity contribution in [1.82, 2.24) is 5.32 Å². The molecule has 1 amide bonds. The standard InChI is InChI=1S/C24H33NO2/c1-7-21(19-11-14-22(27-6)17(2)16-19)25-23(26)15-10-18-8-12-20(13-9-18)24(3,4)5/h8-9,11-14,16,21H,7,10,15H2,1-6H3,(H,25,26). The Morgan fingerprint density at radius 1 is 1.11 bits per heavy atom. The van der Waals surface area contributed by atoms with Crippen LogP contribution in [0.15, 0.2) is 42.5 Å². The van der Waals surface area contributed by atoms with Crippen molar-refractivity contribution in [3.05, 3.63) is 64.7 Å². The molecule has 0 saturated carbocycles. The SMILES string of the molecule is CCC(NC(=O)CCc1ccc(C(C)(C)C)cc1)c1ccc(OC)c(C)c1. The molecule has 0 aliphatic heterocycles. The molecule has 0 heterocycles. The Kier molecular flexibility index (Phi) is 7.06. The normalized spacial score (nSPS) is 12.5. The summed E-state index contributed by atoms with van der Waals surface area (Å²) in [6.07, 6.45) is 2.12. The average Bonchev–Trinajstić information content (AvgIpc) is 2.64. The fourth-order valence-electron chi connectivity index (χ4n) is 3.24. The van der Waals surface area contributed by atoms with E-state index in [1.165, 1.54) is 11.1 Å². The Hall–Kier alpha value is -2.29. The number of carbonyl (C=O) groups excluding carboxylic acids is 1. The molecule has 0 spiro atoms. The summed E-state index contributed by atoms with van der Waals surface area (Å²) in [5, 5.41) is 3.17. The molecule has 3 heteroatoms. The lowest BCUT2D eigenvalue weighted by molar-refractivity contribution is -0.121. The molecule has 2 aromatic rings. The van der Waals surface area contributed by atoms with E-state index in [1.807, 2.05) is 19.1 Å². The van der Waals surface area contributed by atoms with Crippen molar-refractivity contribution in [3.8, 4) is 5.75 Å². The lowest BCUT2D eigenvalue weighted by atomic mass is 9.86. The van der Waals surface area contributed by atoms with Crippen LogP contribution in [0, 0.1) is 6.92 Å². The molecule has 0 fully saturated rings. The monoisotopic (exact) mass is 367 g/mol. The molecule has 2 aromatic carbocycles. The second-order valence-electron chi connectivity index (χ2n) is 8.20. The maximum atomic E-state index is 12.5. The highest BCUT2D eigenvalue weighted by Crippen LogP contribution is 2.25. The second kappa shape index (κ2) is 9.07. The van der Waals surface area contributed by atoms with Gasteiger partial charge in [-0.2, -0.15) is 0 Å². The van der Waals surface area contributed by atoms with Crippen molar-refractivity contribution < 1.29 is 9.53 Å². The highest BCUT2D eigenvalue weighted by atomic mass is 16.5. The lowest BCUT2D eigenvalue weighted by Gasteiger charge is -2.20. The van der Waals surface area contributed by atoms with Gasteiger partial charge in [-0.05, 0) is 53.5 Å². The third-order valence-corrected chi connectivity index (χ3v) is 5.03. The Balaban J connectivity index is 1.94. The van der Waals surface area contributed by atoms with Gasteiger partial charge in [0, 0.05) is 6.42 Å². The van der Waals surface area contributed by atoms with Crippen LogP contribution >= 0.6 is 0 Å². The first-order valence-electron chi connectivity index (χ1n) is 9.78. The smallest absolute Gasteiger partial charge is 0.220 e. The van der Waals surface area contributed by atoms with Crippen LogP contribution in [-0.4, -0.2) is 13.0 Å². The largest absolute Gasteiger partial charge is 0.496 e. The van der Waals surface area contributed by atoms with E-state index in [-0.39, 0.29) is 17.4 Å². The van der Waals surface area contributed by atoms with Crippen molar-refractivity contribution in [1.29, 1.82) is 0 Å². The highest BCUT2D eigenvalue weighted by Gasteiger charge is 2.15. The first-order chi connectivity index (χ1) is 12.7. The lowest BCUT2D eigenvalue weighted by Crippen LogP contribution is -2.28. The molecule has 146 valence electrons. The maximum absolute atomic E-state index is 12.5. The fraction of sp³-hybridized carbons (Fsp3) is 0.458. The zero-order valence-electron chi connectivity index (χ0n) is 17.6. The molecule has 27 heavy (non-hydrogen) atoms. The summed E-state index contributed by atoms with van der Waals surface area (Å²) in [5.74, 6) is 0.967. The summed E-state index contributed by atoms with van der Waals surface area (Å²) >= 11 is 0. The van der Waals surface area contributed by atoms with Gasteiger partial charge in [0.25, 0.3) is 0 Å². The summed E-state index contributed by atoms with van der Waals surface area (Å²) in [5.41, 5.74) is 4.88. The zero-order chi connectivity index (χ0) is 20.0. The molecule has 1 unspecified atom stereocenters. The summed E-state index contributed by atoms with van der Waals surface area (Å²) in [6.45, 7) is 10.7. The van der Waals surface area contributed by atoms with E-state index in [1.54, 1.807) is 7.11 Å². The molecular weight excluding hydrogens is 334 g/mol. The van der Waals surface area contributed by atoms with Gasteiger partial charge in [0.2, 0.25) is 5.91 Å². The van der Waals surface area contributed by atoms with E-state index in [4.69, 9.17) is 4.74 Å². The first kappa shape index (κ1) is 21.0. The van der Waals surface area contributed by atoms with E-state index in [0.29, 0.717) is 6.42 Å². The van der Waals surface area contributed by atoms with Crippen molar-refractivity contribution in [2.45, 2.75) is 65.3 Å². The molecule has 2 rings (SSSR count). The second-order valence-corrected chi connectivity index (χ2v) is 8.20. The number of hydrogen-bond acceptors (Lipinski definition) is 2. The van der Waals surface area contributed by atoms with Gasteiger partial charge in [0.15, 0.2) is 0 Å². The van der Waals surface area contributed by atoms with Crippen LogP contribution in [0.1, 0.15) is 68.8 Å². The number of amides is 1. The van der Waals surface area contributed by atoms with Crippen molar-refractivity contribution in [2.75, 3.05) is 7.11 Å². The van der Waals surface area contributed by atoms with Crippen LogP contribution in [0.25, 0.3) is 0 Å². The first-order valence-corrected chi connectivity index (χ1v) is 9.78. The number of rotatable bonds is 7. The number of aryl methyl sites for hydroxylation is 2. The molecule has 1 atom stereocenters. The van der Waals surface area contributed by atoms with Gasteiger partial charge in [-0.15, -0.1) is 0 Å². The number of benzene rings is 2. The summed E-state index contributed by atoms with van der Waals surface area (Å²) < 4.78 is 5.32. The van der Waals surface area contributed by atoms with E-state index in [2.05, 4.69) is 63.3 Å². The molecule has 0 radical (unpaired) electrons. The number of nitrogens with one attached hydrogen (secondary N) is 1. The van der Waals surface area contributed by atoms with Crippen LogP contribution in [0.5, 0.6) is 5.75 Å². The number of methoxy groups -OCH3 is 1. The quantitative estimate of drug-likeness (QED) is 0.701. The Morgan fingerprint density at radius 2 is 1.78 bits per heavy atom. The molecule has 0 aromatic heterocycles. The summed E-state index contributed by atoms with van der Waals surface area (Å²) in [7, 11) is 1.68. The van der Waals surface area contributed by atoms with E-state index < -0.39 is 0 Å². The van der Waals surface area contributed by atoms with E-state index in [0.717, 1.165) is 29.7 Å². The molecule has 0 saturated heterocycles. The third kappa shape index (κ3) is 5.85. The molecule has 0 bridgehead atoms. The minimum Gasteiger partial charge on any atom is -0.496 e. The predicted octanol–water partition coefficient (Wildman–Crippen LogP) is 5.50. The van der Waals surface area contributed by atoms with Gasteiger partial charge < -0.3 is 10.1 Å². The third-order valence-electron chi connectivity index (χ3n) is 5.03. The Morgan fingerprint density at radius 3 is 2.30 bits per heavy atom. The van der Waals surface area contributed by atoms with Crippen molar-refractivity contribution >= 4 is 5.91 Å². The average molecular weight is 368 g/mol. The molecule has 1 N–H and O–H groups in total. The van der Waals surface area contributed by atoms with Gasteiger partial charge in [-0.3, -0.25) is 4.79 Å². The number of hydrogen-bond donors (Lipinski definition) is 1. The number of carbonyl (C=O) groups is 1. The Bertz CT molecular complexity index is 757. The van der Waals surface area contributed by atoms with Crippen LogP contribution in [-0.2, 0) is 16.6 Å². The zero-order valence-corrected chi connectivity index (χ0v) is 17.6. The van der Waals surface area contributed by atoms with Gasteiger partial charge in [0.05, 0.1) is 13.2 Å². The topological polar surface area (TPSA) is 38.3 Å². The molecule has 0 aliphatic rings. The van der Waals surface area contributed by atoms with Gasteiger partial charge in [-0.25, -0.2) is 0 Å². The van der Waals surface area contributed by atoms with Gasteiger partial charge in [0.1, 0.15) is 5.75 Å². The molecular formula is C24H33NO2. The van der Waals surface area contributed by atoms with Gasteiger partial charge >= 0.3 is 0 Å². The molecule has 0 aliphatic carbocycles. The minimum absolute atomic E-state index is 0.0328. The minimum atomic E-state index is 0.0328. The molecule has 3 nitrogen and oxygen atoms in total. The number of ether oxygens (including phenoxy) is 1. The fourth-order valence-corrected chi connectivity index (χ4v) is 3.24. The van der Waals surface area contributed by atoms with Gasteiger partial charge in [-0.1, -0.05) is 64.1 Å². The van der Waals surface area contributed by atoms with Crippen LogP contribution < -0.4 is 10.1 Å². The summed E-state index contributed by atoms with van der Waals surface area (Å²) in [4.78, 5) is 12.5. The maximum Gasteiger partial charge on any atom is 0.220 e. The van der Waals surface area contributed by atoms with Crippen LogP contribution in [0.3, 0.4) is 0 Å². The van der Waals surface area contributed by atoms with Crippen LogP contribution in [0.4, 0.5) is 0 Å². The Labute approximate surface area is 164 Å². The predicted molar refractivity (Wildman–Crippen MR) is 112 cm³/mol. The van der Waals surface area contributed by atoms with Crippen molar-refractivity contribution in [2.24, 2.45) is 0 Å².